The van der Waals surface area contributed by atoms with Gasteiger partial charge in [0.25, 0.3) is 10.2 Å². The van der Waals surface area contributed by atoms with E-state index in [9.17, 15) is 13.7 Å². The summed E-state index contributed by atoms with van der Waals surface area (Å²) in [5.74, 6) is 0. The second kappa shape index (κ2) is 8.51. The highest BCUT2D eigenvalue weighted by Crippen LogP contribution is 2.33. The number of aromatic nitrogens is 2. The van der Waals surface area contributed by atoms with Gasteiger partial charge >= 0.3 is 0 Å². The molecular formula is C20H22ClN5O2S. The summed E-state index contributed by atoms with van der Waals surface area (Å²) < 4.78 is 30.6. The maximum Gasteiger partial charge on any atom is 0.279 e. The highest BCUT2D eigenvalue weighted by atomic mass is 35.5. The average Bonchev–Trinajstić information content (AvgIpc) is 2.98. The molecule has 29 heavy (non-hydrogen) atoms. The summed E-state index contributed by atoms with van der Waals surface area (Å²) in [7, 11) is -1.70. The fraction of sp³-hybridized carbons (Fsp3) is 0.300. The third-order valence-corrected chi connectivity index (χ3v) is 6.79. The lowest BCUT2D eigenvalue weighted by Crippen LogP contribution is -2.40. The molecule has 0 aliphatic rings. The molecule has 0 bridgehead atoms. The molecule has 0 spiro atoms. The molecule has 2 heterocycles. The van der Waals surface area contributed by atoms with Gasteiger partial charge in [0, 0.05) is 55.0 Å². The van der Waals surface area contributed by atoms with Gasteiger partial charge in [-0.15, -0.1) is 0 Å². The number of fused-ring (bicyclic) bond motifs is 1. The van der Waals surface area contributed by atoms with Crippen molar-refractivity contribution in [2.24, 2.45) is 7.05 Å². The summed E-state index contributed by atoms with van der Waals surface area (Å²) in [5, 5.41) is 11.1. The highest BCUT2D eigenvalue weighted by Gasteiger charge is 2.20. The summed E-state index contributed by atoms with van der Waals surface area (Å²) in [6.45, 7) is 4.49. The number of pyridine rings is 1. The molecule has 0 unspecified atom stereocenters. The summed E-state index contributed by atoms with van der Waals surface area (Å²) in [6.07, 6.45) is 3.28. The van der Waals surface area contributed by atoms with Crippen molar-refractivity contribution in [3.05, 3.63) is 52.8 Å². The standard InChI is InChI=1S/C20H22ClN5O2S/c1-4-26(5-2)29(27,28)24-12-14-8-15(13-23-11-14)20-18(10-22)17-7-6-16(21)9-19(17)25(20)3/h6-9,11,13,24H,4-5,12H2,1-3H3. The Hall–Kier alpha value is -2.44. The van der Waals surface area contributed by atoms with Crippen LogP contribution in [0.15, 0.2) is 36.7 Å². The molecule has 152 valence electrons. The first-order chi connectivity index (χ1) is 13.8. The Bertz CT molecular complexity index is 1190. The minimum atomic E-state index is -3.56. The van der Waals surface area contributed by atoms with Crippen molar-refractivity contribution in [2.75, 3.05) is 13.1 Å². The number of nitriles is 1. The summed E-state index contributed by atoms with van der Waals surface area (Å²) >= 11 is 6.12. The molecule has 0 fully saturated rings. The van der Waals surface area contributed by atoms with Crippen LogP contribution in [-0.2, 0) is 23.8 Å². The van der Waals surface area contributed by atoms with Gasteiger partial charge in [0.05, 0.1) is 16.8 Å². The zero-order valence-electron chi connectivity index (χ0n) is 16.5. The van der Waals surface area contributed by atoms with Crippen LogP contribution in [0.1, 0.15) is 25.0 Å². The van der Waals surface area contributed by atoms with E-state index in [-0.39, 0.29) is 6.54 Å². The van der Waals surface area contributed by atoms with Crippen LogP contribution in [0.25, 0.3) is 22.2 Å². The lowest BCUT2D eigenvalue weighted by Gasteiger charge is -2.18. The minimum Gasteiger partial charge on any atom is -0.342 e. The second-order valence-electron chi connectivity index (χ2n) is 6.55. The molecule has 3 rings (SSSR count). The van der Waals surface area contributed by atoms with Gasteiger partial charge in [-0.05, 0) is 29.8 Å². The molecule has 2 aromatic heterocycles. The second-order valence-corrected chi connectivity index (χ2v) is 8.74. The topological polar surface area (TPSA) is 91.0 Å². The Balaban J connectivity index is 1.99. The number of aryl methyl sites for hydroxylation is 1. The van der Waals surface area contributed by atoms with E-state index >= 15 is 0 Å². The predicted octanol–water partition coefficient (Wildman–Crippen LogP) is 3.44. The SMILES string of the molecule is CCN(CC)S(=O)(=O)NCc1cncc(-c2c(C#N)c3ccc(Cl)cc3n2C)c1. The van der Waals surface area contributed by atoms with E-state index < -0.39 is 10.2 Å². The molecule has 7 nitrogen and oxygen atoms in total. The van der Waals surface area contributed by atoms with Gasteiger partial charge in [0.15, 0.2) is 0 Å². The normalized spacial score (nSPS) is 11.9. The van der Waals surface area contributed by atoms with Crippen LogP contribution in [0, 0.1) is 11.3 Å². The van der Waals surface area contributed by atoms with E-state index in [1.165, 1.54) is 4.31 Å². The fourth-order valence-electron chi connectivity index (χ4n) is 3.40. The Kier molecular flexibility index (Phi) is 6.24. The Morgan fingerprint density at radius 3 is 2.62 bits per heavy atom. The smallest absolute Gasteiger partial charge is 0.279 e. The van der Waals surface area contributed by atoms with Crippen molar-refractivity contribution in [3.8, 4) is 17.3 Å². The van der Waals surface area contributed by atoms with Crippen LogP contribution in [0.3, 0.4) is 0 Å². The number of benzene rings is 1. The monoisotopic (exact) mass is 431 g/mol. The fourth-order valence-corrected chi connectivity index (χ4v) is 4.78. The molecule has 0 radical (unpaired) electrons. The summed E-state index contributed by atoms with van der Waals surface area (Å²) in [6, 6.07) is 9.51. The number of halogens is 1. The molecule has 0 saturated carbocycles. The van der Waals surface area contributed by atoms with Gasteiger partial charge in [-0.25, -0.2) is 0 Å². The van der Waals surface area contributed by atoms with E-state index in [1.807, 2.05) is 29.8 Å². The maximum absolute atomic E-state index is 12.4. The third kappa shape index (κ3) is 4.14. The number of nitrogens with one attached hydrogen (secondary N) is 1. The van der Waals surface area contributed by atoms with Crippen LogP contribution in [0.4, 0.5) is 0 Å². The third-order valence-electron chi connectivity index (χ3n) is 4.85. The lowest BCUT2D eigenvalue weighted by atomic mass is 10.1. The van der Waals surface area contributed by atoms with Gasteiger partial charge in [-0.1, -0.05) is 25.4 Å². The molecule has 0 amide bonds. The van der Waals surface area contributed by atoms with E-state index in [2.05, 4.69) is 15.8 Å². The Labute approximate surface area is 175 Å². The predicted molar refractivity (Wildman–Crippen MR) is 115 cm³/mol. The van der Waals surface area contributed by atoms with Crippen molar-refractivity contribution in [1.29, 1.82) is 5.26 Å². The molecule has 9 heteroatoms. The van der Waals surface area contributed by atoms with Crippen LogP contribution >= 0.6 is 11.6 Å². The van der Waals surface area contributed by atoms with Crippen molar-refractivity contribution in [2.45, 2.75) is 20.4 Å². The van der Waals surface area contributed by atoms with Crippen molar-refractivity contribution >= 4 is 32.7 Å². The van der Waals surface area contributed by atoms with E-state index in [0.717, 1.165) is 16.5 Å². The largest absolute Gasteiger partial charge is 0.342 e. The quantitative estimate of drug-likeness (QED) is 0.620. The van der Waals surface area contributed by atoms with Crippen molar-refractivity contribution in [3.63, 3.8) is 0 Å². The van der Waals surface area contributed by atoms with Gasteiger partial charge in [-0.3, -0.25) is 4.98 Å². The molecule has 1 N–H and O–H groups in total. The summed E-state index contributed by atoms with van der Waals surface area (Å²) in [4.78, 5) is 4.25. The number of nitrogens with zero attached hydrogens (tertiary/aromatic N) is 4. The summed E-state index contributed by atoms with van der Waals surface area (Å²) in [5.41, 5.74) is 3.52. The first kappa shape index (κ1) is 21.3. The van der Waals surface area contributed by atoms with Gasteiger partial charge in [-0.2, -0.15) is 22.7 Å². The van der Waals surface area contributed by atoms with Gasteiger partial charge in [0.1, 0.15) is 6.07 Å². The molecule has 3 aromatic rings. The van der Waals surface area contributed by atoms with E-state index in [4.69, 9.17) is 11.6 Å². The van der Waals surface area contributed by atoms with E-state index in [0.29, 0.717) is 34.9 Å². The van der Waals surface area contributed by atoms with Gasteiger partial charge in [0.2, 0.25) is 0 Å². The number of rotatable bonds is 7. The maximum atomic E-state index is 12.4. The molecule has 0 atom stereocenters. The van der Waals surface area contributed by atoms with Crippen LogP contribution in [-0.4, -0.2) is 35.4 Å². The van der Waals surface area contributed by atoms with E-state index in [1.54, 1.807) is 32.3 Å². The average molecular weight is 432 g/mol. The molecular weight excluding hydrogens is 410 g/mol. The Morgan fingerprint density at radius 1 is 1.24 bits per heavy atom. The number of hydrogen-bond acceptors (Lipinski definition) is 4. The lowest BCUT2D eigenvalue weighted by molar-refractivity contribution is 0.434. The van der Waals surface area contributed by atoms with Crippen LogP contribution in [0.2, 0.25) is 5.02 Å². The van der Waals surface area contributed by atoms with Crippen LogP contribution in [0.5, 0.6) is 0 Å². The first-order valence-corrected chi connectivity index (χ1v) is 11.0. The van der Waals surface area contributed by atoms with Crippen molar-refractivity contribution < 1.29 is 8.42 Å². The zero-order chi connectivity index (χ0) is 21.2. The zero-order valence-corrected chi connectivity index (χ0v) is 18.0. The molecule has 0 aliphatic carbocycles. The highest BCUT2D eigenvalue weighted by molar-refractivity contribution is 7.87. The van der Waals surface area contributed by atoms with Gasteiger partial charge < -0.3 is 4.57 Å². The van der Waals surface area contributed by atoms with Crippen molar-refractivity contribution in [1.82, 2.24) is 18.6 Å². The minimum absolute atomic E-state index is 0.108. The molecule has 0 aliphatic heterocycles. The molecule has 1 aromatic carbocycles. The Morgan fingerprint density at radius 2 is 1.97 bits per heavy atom. The number of hydrogen-bond donors (Lipinski definition) is 1. The first-order valence-electron chi connectivity index (χ1n) is 9.19. The van der Waals surface area contributed by atoms with Crippen LogP contribution < -0.4 is 4.72 Å². The molecule has 0 saturated heterocycles.